The van der Waals surface area contributed by atoms with E-state index < -0.39 is 28.5 Å². The summed E-state index contributed by atoms with van der Waals surface area (Å²) in [7, 11) is -4.30. The van der Waals surface area contributed by atoms with Crippen molar-refractivity contribution in [2.75, 3.05) is 24.1 Å². The summed E-state index contributed by atoms with van der Waals surface area (Å²) in [6, 6.07) is 11.8. The van der Waals surface area contributed by atoms with Gasteiger partial charge in [-0.3, -0.25) is 9.29 Å². The summed E-state index contributed by atoms with van der Waals surface area (Å²) in [5, 5.41) is 18.7. The number of sulfonamides is 1. The molecule has 0 radical (unpaired) electrons. The molecule has 0 fully saturated rings. The van der Waals surface area contributed by atoms with Crippen LogP contribution < -0.4 is 9.04 Å². The standard InChI is InChI=1S/C26H23ClF3N3O4S/c1-25(2)7-8-33(21-6-4-3-5-19(21)25)38(35,36)23-12-17(20(27)13-22(23)37-10-9-34)18-15-32-24(26(28,29)30)11-16(18)14-31/h3-6,11-13,15,34H,7-10H2,1-2H3. The third-order valence-corrected chi connectivity index (χ3v) is 8.54. The zero-order valence-electron chi connectivity index (χ0n) is 20.4. The Labute approximate surface area is 223 Å². The lowest BCUT2D eigenvalue weighted by atomic mass is 9.78. The molecule has 200 valence electrons. The number of para-hydroxylation sites is 1. The van der Waals surface area contributed by atoms with Crippen LogP contribution in [0.25, 0.3) is 11.1 Å². The quantitative estimate of drug-likeness (QED) is 0.421. The number of ether oxygens (including phenoxy) is 1. The number of hydrogen-bond acceptors (Lipinski definition) is 6. The van der Waals surface area contributed by atoms with Gasteiger partial charge in [0.05, 0.1) is 28.9 Å². The number of halogens is 4. The van der Waals surface area contributed by atoms with E-state index in [9.17, 15) is 32.0 Å². The second-order valence-electron chi connectivity index (χ2n) is 9.30. The van der Waals surface area contributed by atoms with Gasteiger partial charge >= 0.3 is 6.18 Å². The maximum Gasteiger partial charge on any atom is 0.433 e. The van der Waals surface area contributed by atoms with Crippen LogP contribution in [0, 0.1) is 11.3 Å². The fourth-order valence-electron chi connectivity index (χ4n) is 4.40. The molecule has 1 N–H and O–H groups in total. The zero-order valence-corrected chi connectivity index (χ0v) is 22.0. The topological polar surface area (TPSA) is 104 Å². The van der Waals surface area contributed by atoms with E-state index in [0.717, 1.165) is 17.8 Å². The molecule has 0 bridgehead atoms. The van der Waals surface area contributed by atoms with Crippen LogP contribution in [0.4, 0.5) is 18.9 Å². The fourth-order valence-corrected chi connectivity index (χ4v) is 6.28. The van der Waals surface area contributed by atoms with Crippen LogP contribution in [-0.2, 0) is 21.6 Å². The monoisotopic (exact) mass is 565 g/mol. The average molecular weight is 566 g/mol. The molecule has 1 aromatic heterocycles. The van der Waals surface area contributed by atoms with E-state index in [0.29, 0.717) is 18.2 Å². The first-order valence-electron chi connectivity index (χ1n) is 11.5. The Balaban J connectivity index is 1.92. The first-order valence-corrected chi connectivity index (χ1v) is 13.3. The van der Waals surface area contributed by atoms with Crippen LogP contribution in [-0.4, -0.2) is 38.3 Å². The van der Waals surface area contributed by atoms with Crippen molar-refractivity contribution in [1.82, 2.24) is 4.98 Å². The molecule has 0 unspecified atom stereocenters. The molecule has 0 spiro atoms. The van der Waals surface area contributed by atoms with Crippen molar-refractivity contribution in [3.8, 4) is 22.9 Å². The Bertz CT molecular complexity index is 1540. The smallest absolute Gasteiger partial charge is 0.433 e. The van der Waals surface area contributed by atoms with Gasteiger partial charge in [0, 0.05) is 29.9 Å². The average Bonchev–Trinajstić information content (AvgIpc) is 2.86. The van der Waals surface area contributed by atoms with E-state index in [1.165, 1.54) is 10.4 Å². The second-order valence-corrected chi connectivity index (χ2v) is 11.5. The van der Waals surface area contributed by atoms with Gasteiger partial charge in [0.1, 0.15) is 22.9 Å². The van der Waals surface area contributed by atoms with Crippen LogP contribution in [0.5, 0.6) is 5.75 Å². The number of aromatic nitrogens is 1. The van der Waals surface area contributed by atoms with Crippen molar-refractivity contribution in [1.29, 1.82) is 5.26 Å². The van der Waals surface area contributed by atoms with Crippen molar-refractivity contribution in [2.45, 2.75) is 36.8 Å². The van der Waals surface area contributed by atoms with Crippen molar-refractivity contribution in [2.24, 2.45) is 0 Å². The molecule has 12 heteroatoms. The fraction of sp³-hybridized carbons (Fsp3) is 0.308. The summed E-state index contributed by atoms with van der Waals surface area (Å²) < 4.78 is 74.5. The number of fused-ring (bicyclic) bond motifs is 1. The van der Waals surface area contributed by atoms with Crippen LogP contribution in [0.3, 0.4) is 0 Å². The van der Waals surface area contributed by atoms with Crippen molar-refractivity contribution in [3.63, 3.8) is 0 Å². The number of alkyl halides is 3. The largest absolute Gasteiger partial charge is 0.490 e. The minimum Gasteiger partial charge on any atom is -0.490 e. The minimum absolute atomic E-state index is 0.00927. The van der Waals surface area contributed by atoms with Crippen LogP contribution in [0.2, 0.25) is 5.02 Å². The number of pyridine rings is 1. The molecule has 2 aromatic carbocycles. The number of rotatable bonds is 6. The minimum atomic E-state index is -4.78. The summed E-state index contributed by atoms with van der Waals surface area (Å²) in [6.45, 7) is 3.57. The Morgan fingerprint density at radius 3 is 2.58 bits per heavy atom. The SMILES string of the molecule is CC1(C)CCN(S(=O)(=O)c2cc(-c3cnc(C(F)(F)F)cc3C#N)c(Cl)cc2OCCO)c2ccccc21. The lowest BCUT2D eigenvalue weighted by Crippen LogP contribution is -2.41. The molecular weight excluding hydrogens is 543 g/mol. The van der Waals surface area contributed by atoms with Gasteiger partial charge in [0.25, 0.3) is 10.0 Å². The zero-order chi connectivity index (χ0) is 27.9. The van der Waals surface area contributed by atoms with Gasteiger partial charge in [-0.1, -0.05) is 43.6 Å². The van der Waals surface area contributed by atoms with E-state index in [1.807, 2.05) is 26.0 Å². The first kappa shape index (κ1) is 27.7. The first-order chi connectivity index (χ1) is 17.8. The molecule has 0 atom stereocenters. The highest BCUT2D eigenvalue weighted by molar-refractivity contribution is 7.93. The van der Waals surface area contributed by atoms with Gasteiger partial charge in [-0.05, 0) is 35.6 Å². The molecule has 38 heavy (non-hydrogen) atoms. The maximum atomic E-state index is 14.1. The maximum absolute atomic E-state index is 14.1. The van der Waals surface area contributed by atoms with Gasteiger partial charge in [-0.25, -0.2) is 8.42 Å². The number of nitriles is 1. The molecule has 0 aliphatic carbocycles. The van der Waals surface area contributed by atoms with Gasteiger partial charge in [-0.15, -0.1) is 0 Å². The second kappa shape index (κ2) is 10.1. The molecule has 0 amide bonds. The number of aliphatic hydroxyl groups is 1. The summed E-state index contributed by atoms with van der Waals surface area (Å²) in [6.07, 6.45) is -3.41. The summed E-state index contributed by atoms with van der Waals surface area (Å²) in [5.74, 6) is -0.145. The summed E-state index contributed by atoms with van der Waals surface area (Å²) >= 11 is 6.42. The number of hydrogen-bond donors (Lipinski definition) is 1. The molecule has 2 heterocycles. The molecule has 1 aliphatic heterocycles. The molecule has 3 aromatic rings. The van der Waals surface area contributed by atoms with Gasteiger partial charge < -0.3 is 9.84 Å². The highest BCUT2D eigenvalue weighted by atomic mass is 35.5. The molecule has 7 nitrogen and oxygen atoms in total. The number of aliphatic hydroxyl groups excluding tert-OH is 1. The van der Waals surface area contributed by atoms with Crippen molar-refractivity contribution in [3.05, 3.63) is 70.5 Å². The lowest BCUT2D eigenvalue weighted by Gasteiger charge is -2.39. The van der Waals surface area contributed by atoms with Gasteiger partial charge in [0.2, 0.25) is 0 Å². The van der Waals surface area contributed by atoms with E-state index in [4.69, 9.17) is 16.3 Å². The highest BCUT2D eigenvalue weighted by Crippen LogP contribution is 2.45. The van der Waals surface area contributed by atoms with Gasteiger partial charge in [-0.2, -0.15) is 18.4 Å². The molecule has 0 saturated heterocycles. The number of anilines is 1. The predicted molar refractivity (Wildman–Crippen MR) is 136 cm³/mol. The van der Waals surface area contributed by atoms with Crippen molar-refractivity contribution >= 4 is 27.3 Å². The Hall–Kier alpha value is -3.33. The third-order valence-electron chi connectivity index (χ3n) is 6.40. The molecule has 1 aliphatic rings. The Kier molecular flexibility index (Phi) is 7.36. The molecule has 0 saturated carbocycles. The molecule has 4 rings (SSSR count). The van der Waals surface area contributed by atoms with E-state index >= 15 is 0 Å². The van der Waals surface area contributed by atoms with E-state index in [2.05, 4.69) is 4.98 Å². The van der Waals surface area contributed by atoms with Crippen LogP contribution in [0.1, 0.15) is 37.1 Å². The van der Waals surface area contributed by atoms with Gasteiger partial charge in [0.15, 0.2) is 0 Å². The molecular formula is C26H23ClF3N3O4S. The summed E-state index contributed by atoms with van der Waals surface area (Å²) in [5.41, 5.74) is -0.690. The highest BCUT2D eigenvalue weighted by Gasteiger charge is 2.38. The van der Waals surface area contributed by atoms with Crippen LogP contribution >= 0.6 is 11.6 Å². The summed E-state index contributed by atoms with van der Waals surface area (Å²) in [4.78, 5) is 3.10. The number of nitrogens with zero attached hydrogens (tertiary/aromatic N) is 3. The number of benzene rings is 2. The normalized spacial score (nSPS) is 15.1. The lowest BCUT2D eigenvalue weighted by molar-refractivity contribution is -0.141. The van der Waals surface area contributed by atoms with Crippen molar-refractivity contribution < 1.29 is 31.4 Å². The van der Waals surface area contributed by atoms with Crippen LogP contribution in [0.15, 0.2) is 53.6 Å². The van der Waals surface area contributed by atoms with E-state index in [-0.39, 0.29) is 50.9 Å². The predicted octanol–water partition coefficient (Wildman–Crippen LogP) is 5.54. The third kappa shape index (κ3) is 5.04. The van der Waals surface area contributed by atoms with E-state index in [1.54, 1.807) is 18.2 Å². The Morgan fingerprint density at radius 1 is 1.21 bits per heavy atom. The Morgan fingerprint density at radius 2 is 1.92 bits per heavy atom.